The van der Waals surface area contributed by atoms with Crippen LogP contribution in [0.1, 0.15) is 23.2 Å². The fourth-order valence-electron chi connectivity index (χ4n) is 4.02. The molecule has 1 unspecified atom stereocenters. The van der Waals surface area contributed by atoms with Crippen LogP contribution in [-0.2, 0) is 4.74 Å². The van der Waals surface area contributed by atoms with Crippen LogP contribution in [0.2, 0.25) is 0 Å². The van der Waals surface area contributed by atoms with E-state index in [1.54, 1.807) is 11.1 Å². The zero-order valence-corrected chi connectivity index (χ0v) is 17.0. The zero-order chi connectivity index (χ0) is 22.2. The number of fused-ring (bicyclic) bond motifs is 2. The first kappa shape index (κ1) is 20.5. The van der Waals surface area contributed by atoms with E-state index in [1.165, 1.54) is 12.3 Å². The van der Waals surface area contributed by atoms with Crippen molar-refractivity contribution in [2.24, 2.45) is 0 Å². The molecule has 0 bridgehead atoms. The standard InChI is InChI=1S/C22H20F3N5O2/c23-20(24)21(25)30-18-10-17(22(31)29-6-3-8-32-9-7-29)27-12-15(18)19(28-30)14-11-26-16-5-2-1-4-13(14)16/h1-2,4-5,10-12,20-21,26H,3,6-9H2. The van der Waals surface area contributed by atoms with Gasteiger partial charge in [-0.15, -0.1) is 0 Å². The topological polar surface area (TPSA) is 76.0 Å². The minimum atomic E-state index is -3.27. The fraction of sp³-hybridized carbons (Fsp3) is 0.318. The number of hydrogen-bond donors (Lipinski definition) is 1. The van der Waals surface area contributed by atoms with Crippen molar-refractivity contribution in [1.29, 1.82) is 0 Å². The summed E-state index contributed by atoms with van der Waals surface area (Å²) in [7, 11) is 0. The van der Waals surface area contributed by atoms with Crippen molar-refractivity contribution in [3.63, 3.8) is 0 Å². The van der Waals surface area contributed by atoms with Crippen LogP contribution in [0.15, 0.2) is 42.7 Å². The summed E-state index contributed by atoms with van der Waals surface area (Å²) >= 11 is 0. The summed E-state index contributed by atoms with van der Waals surface area (Å²) in [4.78, 5) is 21.9. The first-order valence-corrected chi connectivity index (χ1v) is 10.3. The highest BCUT2D eigenvalue weighted by molar-refractivity contribution is 6.04. The number of carbonyl (C=O) groups is 1. The number of alkyl halides is 3. The van der Waals surface area contributed by atoms with Gasteiger partial charge in [0.1, 0.15) is 11.4 Å². The van der Waals surface area contributed by atoms with Crippen molar-refractivity contribution in [3.8, 4) is 11.3 Å². The van der Waals surface area contributed by atoms with E-state index in [2.05, 4.69) is 15.1 Å². The lowest BCUT2D eigenvalue weighted by molar-refractivity contribution is 0.00357. The van der Waals surface area contributed by atoms with E-state index < -0.39 is 12.7 Å². The first-order valence-electron chi connectivity index (χ1n) is 10.3. The monoisotopic (exact) mass is 443 g/mol. The highest BCUT2D eigenvalue weighted by Gasteiger charge is 2.28. The molecule has 4 heterocycles. The molecule has 1 saturated heterocycles. The number of H-pyrrole nitrogens is 1. The van der Waals surface area contributed by atoms with Gasteiger partial charge in [0, 0.05) is 53.9 Å². The molecule has 4 aromatic rings. The lowest BCUT2D eigenvalue weighted by Gasteiger charge is -2.19. The quantitative estimate of drug-likeness (QED) is 0.514. The van der Waals surface area contributed by atoms with Crippen molar-refractivity contribution >= 4 is 27.7 Å². The van der Waals surface area contributed by atoms with Gasteiger partial charge in [-0.2, -0.15) is 5.10 Å². The Kier molecular flexibility index (Phi) is 5.30. The van der Waals surface area contributed by atoms with Crippen LogP contribution in [0.25, 0.3) is 33.1 Å². The molecule has 3 aromatic heterocycles. The maximum Gasteiger partial charge on any atom is 0.289 e. The van der Waals surface area contributed by atoms with Crippen molar-refractivity contribution in [2.45, 2.75) is 19.1 Å². The van der Waals surface area contributed by atoms with Gasteiger partial charge < -0.3 is 14.6 Å². The number of benzene rings is 1. The minimum Gasteiger partial charge on any atom is -0.380 e. The minimum absolute atomic E-state index is 0.0486. The Morgan fingerprint density at radius 2 is 1.97 bits per heavy atom. The summed E-state index contributed by atoms with van der Waals surface area (Å²) in [5, 5.41) is 5.39. The van der Waals surface area contributed by atoms with Crippen LogP contribution in [0.4, 0.5) is 13.2 Å². The number of amides is 1. The van der Waals surface area contributed by atoms with Crippen LogP contribution in [0.3, 0.4) is 0 Å². The Morgan fingerprint density at radius 3 is 2.81 bits per heavy atom. The molecule has 1 aliphatic rings. The van der Waals surface area contributed by atoms with E-state index in [9.17, 15) is 18.0 Å². The van der Waals surface area contributed by atoms with E-state index >= 15 is 0 Å². The van der Waals surface area contributed by atoms with Gasteiger partial charge in [-0.05, 0) is 18.6 Å². The van der Waals surface area contributed by atoms with Gasteiger partial charge in [0.15, 0.2) is 0 Å². The molecule has 0 saturated carbocycles. The largest absolute Gasteiger partial charge is 0.380 e. The number of aromatic nitrogens is 4. The van der Waals surface area contributed by atoms with E-state index in [1.807, 2.05) is 24.3 Å². The average Bonchev–Trinajstić information content (AvgIpc) is 3.28. The second-order valence-electron chi connectivity index (χ2n) is 7.59. The van der Waals surface area contributed by atoms with E-state index in [0.717, 1.165) is 10.9 Å². The maximum atomic E-state index is 14.5. The molecule has 0 radical (unpaired) electrons. The molecule has 1 aliphatic heterocycles. The van der Waals surface area contributed by atoms with Gasteiger partial charge in [-0.1, -0.05) is 18.2 Å². The Bertz CT molecular complexity index is 1280. The van der Waals surface area contributed by atoms with E-state index in [4.69, 9.17) is 4.74 Å². The number of para-hydroxylation sites is 1. The van der Waals surface area contributed by atoms with Gasteiger partial charge in [0.05, 0.1) is 12.1 Å². The van der Waals surface area contributed by atoms with Gasteiger partial charge in [0.2, 0.25) is 0 Å². The molecule has 1 N–H and O–H groups in total. The van der Waals surface area contributed by atoms with Gasteiger partial charge in [-0.3, -0.25) is 9.78 Å². The van der Waals surface area contributed by atoms with Crippen LogP contribution >= 0.6 is 0 Å². The number of halogens is 3. The molecule has 166 valence electrons. The molecule has 1 amide bonds. The molecule has 1 fully saturated rings. The number of pyridine rings is 1. The summed E-state index contributed by atoms with van der Waals surface area (Å²) in [5.74, 6) is -0.355. The molecular formula is C22H20F3N5O2. The summed E-state index contributed by atoms with van der Waals surface area (Å²) < 4.78 is 47.1. The normalized spacial score (nSPS) is 16.1. The second-order valence-corrected chi connectivity index (χ2v) is 7.59. The molecular weight excluding hydrogens is 423 g/mol. The van der Waals surface area contributed by atoms with Crippen LogP contribution < -0.4 is 0 Å². The number of carbonyl (C=O) groups excluding carboxylic acids is 1. The molecule has 10 heteroatoms. The molecule has 1 aromatic carbocycles. The van der Waals surface area contributed by atoms with Crippen LogP contribution in [0.5, 0.6) is 0 Å². The van der Waals surface area contributed by atoms with Crippen LogP contribution in [-0.4, -0.2) is 63.3 Å². The summed E-state index contributed by atoms with van der Waals surface area (Å²) in [6.45, 7) is 1.88. The Labute approximate surface area is 180 Å². The predicted octanol–water partition coefficient (Wildman–Crippen LogP) is 4.18. The van der Waals surface area contributed by atoms with Crippen molar-refractivity contribution in [1.82, 2.24) is 24.6 Å². The Morgan fingerprint density at radius 1 is 1.12 bits per heavy atom. The Balaban J connectivity index is 1.64. The smallest absolute Gasteiger partial charge is 0.289 e. The van der Waals surface area contributed by atoms with Gasteiger partial charge in [0.25, 0.3) is 18.6 Å². The third-order valence-electron chi connectivity index (χ3n) is 5.61. The van der Waals surface area contributed by atoms with Crippen molar-refractivity contribution < 1.29 is 22.7 Å². The van der Waals surface area contributed by atoms with E-state index in [-0.39, 0.29) is 17.1 Å². The first-order chi connectivity index (χ1) is 15.5. The number of nitrogens with one attached hydrogen (secondary N) is 1. The molecule has 7 nitrogen and oxygen atoms in total. The van der Waals surface area contributed by atoms with Gasteiger partial charge >= 0.3 is 0 Å². The van der Waals surface area contributed by atoms with Gasteiger partial charge in [-0.25, -0.2) is 17.9 Å². The molecule has 1 atom stereocenters. The average molecular weight is 443 g/mol. The third-order valence-corrected chi connectivity index (χ3v) is 5.61. The molecule has 32 heavy (non-hydrogen) atoms. The van der Waals surface area contributed by atoms with E-state index in [0.29, 0.717) is 54.0 Å². The lowest BCUT2D eigenvalue weighted by Crippen LogP contribution is -2.33. The molecule has 0 spiro atoms. The number of aromatic amines is 1. The predicted molar refractivity (Wildman–Crippen MR) is 112 cm³/mol. The van der Waals surface area contributed by atoms with Crippen LogP contribution in [0, 0.1) is 0 Å². The fourth-order valence-corrected chi connectivity index (χ4v) is 4.02. The highest BCUT2D eigenvalue weighted by Crippen LogP contribution is 2.35. The summed E-state index contributed by atoms with van der Waals surface area (Å²) in [6.07, 6.45) is -2.15. The summed E-state index contributed by atoms with van der Waals surface area (Å²) in [6, 6.07) is 8.77. The number of nitrogens with zero attached hydrogens (tertiary/aromatic N) is 4. The third kappa shape index (κ3) is 3.50. The SMILES string of the molecule is O=C(c1cc2c(cn1)c(-c1c[nH]c3ccccc13)nn2C(F)C(F)F)N1CCCOCC1. The zero-order valence-electron chi connectivity index (χ0n) is 17.0. The lowest BCUT2D eigenvalue weighted by atomic mass is 10.1. The molecule has 0 aliphatic carbocycles. The Hall–Kier alpha value is -3.40. The van der Waals surface area contributed by atoms with Crippen molar-refractivity contribution in [2.75, 3.05) is 26.3 Å². The number of ether oxygens (including phenoxy) is 1. The highest BCUT2D eigenvalue weighted by atomic mass is 19.3. The maximum absolute atomic E-state index is 14.5. The second kappa shape index (κ2) is 8.27. The summed E-state index contributed by atoms with van der Waals surface area (Å²) in [5.41, 5.74) is 1.92. The number of rotatable bonds is 4. The number of hydrogen-bond acceptors (Lipinski definition) is 4. The van der Waals surface area contributed by atoms with Crippen molar-refractivity contribution in [3.05, 3.63) is 48.4 Å². The molecule has 5 rings (SSSR count).